The summed E-state index contributed by atoms with van der Waals surface area (Å²) in [5.74, 6) is 1.21. The number of nitrogens with one attached hydrogen (secondary N) is 1. The number of aromatic nitrogens is 2. The number of rotatable bonds is 4. The fraction of sp³-hybridized carbons (Fsp3) is 0.667. The third kappa shape index (κ3) is 2.54. The molecule has 1 saturated heterocycles. The van der Waals surface area contributed by atoms with Crippen LogP contribution in [0, 0.1) is 11.8 Å². The summed E-state index contributed by atoms with van der Waals surface area (Å²) in [6, 6.07) is -0.753. The predicted molar refractivity (Wildman–Crippen MR) is 77.0 cm³/mol. The predicted octanol–water partition coefficient (Wildman–Crippen LogP) is 0.682. The van der Waals surface area contributed by atoms with Crippen LogP contribution in [0.3, 0.4) is 0 Å². The lowest BCUT2D eigenvalue weighted by molar-refractivity contribution is -0.152. The largest absolute Gasteiger partial charge is 0.342 e. The van der Waals surface area contributed by atoms with Gasteiger partial charge in [0.15, 0.2) is 0 Å². The molecule has 21 heavy (non-hydrogen) atoms. The Labute approximate surface area is 124 Å². The van der Waals surface area contributed by atoms with Gasteiger partial charge in [0.1, 0.15) is 17.9 Å². The van der Waals surface area contributed by atoms with Gasteiger partial charge in [0.25, 0.3) is 0 Å². The van der Waals surface area contributed by atoms with Crippen LogP contribution in [0.4, 0.5) is 0 Å². The molecule has 2 atom stereocenters. The quantitative estimate of drug-likeness (QED) is 0.887. The van der Waals surface area contributed by atoms with Gasteiger partial charge in [-0.15, -0.1) is 0 Å². The normalized spacial score (nSPS) is 26.4. The maximum absolute atomic E-state index is 12.8. The van der Waals surface area contributed by atoms with Crippen molar-refractivity contribution in [2.75, 3.05) is 0 Å². The zero-order valence-corrected chi connectivity index (χ0v) is 12.7. The standard InChI is InChI=1S/C15H22N4O2/c1-9(2)13-14(20)17-12(10-4-5-10)15(21)19(13)8-11-16-6-7-18(11)3/h6-7,9-10,12-13H,4-5,8H2,1-3H3,(H,17,20). The van der Waals surface area contributed by atoms with Gasteiger partial charge in [-0.2, -0.15) is 0 Å². The maximum atomic E-state index is 12.8. The minimum atomic E-state index is -0.413. The van der Waals surface area contributed by atoms with E-state index >= 15 is 0 Å². The van der Waals surface area contributed by atoms with Crippen molar-refractivity contribution in [1.82, 2.24) is 19.8 Å². The number of hydrogen-bond acceptors (Lipinski definition) is 3. The van der Waals surface area contributed by atoms with Gasteiger partial charge >= 0.3 is 0 Å². The molecule has 0 aromatic carbocycles. The smallest absolute Gasteiger partial charge is 0.246 e. The first-order valence-electron chi connectivity index (χ1n) is 7.56. The number of hydrogen-bond donors (Lipinski definition) is 1. The van der Waals surface area contributed by atoms with Crippen molar-refractivity contribution in [3.63, 3.8) is 0 Å². The topological polar surface area (TPSA) is 67.2 Å². The molecule has 0 radical (unpaired) electrons. The first kappa shape index (κ1) is 14.1. The average Bonchev–Trinajstić information content (AvgIpc) is 3.18. The van der Waals surface area contributed by atoms with Crippen LogP contribution in [0.15, 0.2) is 12.4 Å². The minimum Gasteiger partial charge on any atom is -0.342 e. The maximum Gasteiger partial charge on any atom is 0.246 e. The van der Waals surface area contributed by atoms with Gasteiger partial charge in [-0.05, 0) is 24.7 Å². The molecule has 2 amide bonds. The molecule has 1 N–H and O–H groups in total. The second-order valence-electron chi connectivity index (χ2n) is 6.43. The molecule has 0 spiro atoms. The summed E-state index contributed by atoms with van der Waals surface area (Å²) in [5.41, 5.74) is 0. The highest BCUT2D eigenvalue weighted by atomic mass is 16.2. The highest BCUT2D eigenvalue weighted by Gasteiger charge is 2.47. The van der Waals surface area contributed by atoms with Crippen molar-refractivity contribution in [2.45, 2.75) is 45.3 Å². The monoisotopic (exact) mass is 290 g/mol. The molecular formula is C15H22N4O2. The van der Waals surface area contributed by atoms with Crippen LogP contribution in [0.1, 0.15) is 32.5 Å². The molecule has 2 unspecified atom stereocenters. The van der Waals surface area contributed by atoms with Crippen molar-refractivity contribution >= 4 is 11.8 Å². The number of imidazole rings is 1. The van der Waals surface area contributed by atoms with Crippen molar-refractivity contribution < 1.29 is 9.59 Å². The van der Waals surface area contributed by atoms with Crippen LogP contribution in [-0.4, -0.2) is 38.3 Å². The third-order valence-corrected chi connectivity index (χ3v) is 4.41. The Morgan fingerprint density at radius 3 is 2.62 bits per heavy atom. The van der Waals surface area contributed by atoms with Crippen molar-refractivity contribution in [3.05, 3.63) is 18.2 Å². The number of carbonyl (C=O) groups is 2. The molecule has 0 bridgehead atoms. The summed E-state index contributed by atoms with van der Waals surface area (Å²) in [4.78, 5) is 31.2. The van der Waals surface area contributed by atoms with E-state index in [1.165, 1.54) is 0 Å². The molecule has 1 aliphatic heterocycles. The van der Waals surface area contributed by atoms with Gasteiger partial charge in [-0.25, -0.2) is 4.98 Å². The Balaban J connectivity index is 1.88. The SMILES string of the molecule is CC(C)C1C(=O)NC(C2CC2)C(=O)N1Cc1nccn1C. The Morgan fingerprint density at radius 2 is 2.10 bits per heavy atom. The van der Waals surface area contributed by atoms with E-state index in [0.29, 0.717) is 12.5 Å². The van der Waals surface area contributed by atoms with Gasteiger partial charge < -0.3 is 14.8 Å². The van der Waals surface area contributed by atoms with E-state index < -0.39 is 6.04 Å². The van der Waals surface area contributed by atoms with Crippen LogP contribution in [0.2, 0.25) is 0 Å². The first-order valence-corrected chi connectivity index (χ1v) is 7.56. The average molecular weight is 290 g/mol. The summed E-state index contributed by atoms with van der Waals surface area (Å²) in [6.07, 6.45) is 5.62. The van der Waals surface area contributed by atoms with Crippen LogP contribution in [-0.2, 0) is 23.2 Å². The van der Waals surface area contributed by atoms with Gasteiger partial charge in [0.05, 0.1) is 6.54 Å². The number of aryl methyl sites for hydroxylation is 1. The molecule has 1 aromatic heterocycles. The molecule has 2 fully saturated rings. The Kier molecular flexibility index (Phi) is 3.47. The molecule has 1 saturated carbocycles. The van der Waals surface area contributed by atoms with Crippen molar-refractivity contribution in [1.29, 1.82) is 0 Å². The summed E-state index contributed by atoms with van der Waals surface area (Å²) in [6.45, 7) is 4.34. The van der Waals surface area contributed by atoms with Crippen LogP contribution >= 0.6 is 0 Å². The number of piperazine rings is 1. The van der Waals surface area contributed by atoms with E-state index in [-0.39, 0.29) is 23.8 Å². The van der Waals surface area contributed by atoms with Gasteiger partial charge in [-0.1, -0.05) is 13.8 Å². The number of nitrogens with zero attached hydrogens (tertiary/aromatic N) is 3. The number of amides is 2. The zero-order chi connectivity index (χ0) is 15.1. The van der Waals surface area contributed by atoms with Gasteiger partial charge in [-0.3, -0.25) is 9.59 Å². The Hall–Kier alpha value is -1.85. The lowest BCUT2D eigenvalue weighted by Crippen LogP contribution is -2.65. The Bertz CT molecular complexity index is 562. The van der Waals surface area contributed by atoms with Gasteiger partial charge in [0.2, 0.25) is 11.8 Å². The van der Waals surface area contributed by atoms with E-state index in [1.807, 2.05) is 31.7 Å². The minimum absolute atomic E-state index is 0.0318. The van der Waals surface area contributed by atoms with E-state index in [2.05, 4.69) is 10.3 Å². The molecule has 1 aliphatic carbocycles. The lowest BCUT2D eigenvalue weighted by Gasteiger charge is -2.40. The molecule has 2 heterocycles. The fourth-order valence-corrected chi connectivity index (χ4v) is 3.05. The van der Waals surface area contributed by atoms with E-state index in [0.717, 1.165) is 18.7 Å². The fourth-order valence-electron chi connectivity index (χ4n) is 3.05. The molecule has 3 rings (SSSR count). The summed E-state index contributed by atoms with van der Waals surface area (Å²) < 4.78 is 1.89. The van der Waals surface area contributed by atoms with Crippen molar-refractivity contribution in [2.24, 2.45) is 18.9 Å². The summed E-state index contributed by atoms with van der Waals surface area (Å²) >= 11 is 0. The van der Waals surface area contributed by atoms with Crippen LogP contribution < -0.4 is 5.32 Å². The lowest BCUT2D eigenvalue weighted by atomic mass is 9.95. The molecule has 6 heteroatoms. The second-order valence-corrected chi connectivity index (χ2v) is 6.43. The van der Waals surface area contributed by atoms with E-state index in [9.17, 15) is 9.59 Å². The summed E-state index contributed by atoms with van der Waals surface area (Å²) in [7, 11) is 1.90. The van der Waals surface area contributed by atoms with E-state index in [1.54, 1.807) is 11.1 Å². The second kappa shape index (κ2) is 5.16. The third-order valence-electron chi connectivity index (χ3n) is 4.41. The van der Waals surface area contributed by atoms with Gasteiger partial charge in [0, 0.05) is 19.4 Å². The highest BCUT2D eigenvalue weighted by molar-refractivity contribution is 5.97. The molecule has 1 aromatic rings. The van der Waals surface area contributed by atoms with Crippen LogP contribution in [0.25, 0.3) is 0 Å². The van der Waals surface area contributed by atoms with E-state index in [4.69, 9.17) is 0 Å². The molecule has 114 valence electrons. The summed E-state index contributed by atoms with van der Waals surface area (Å²) in [5, 5.41) is 2.93. The van der Waals surface area contributed by atoms with Crippen molar-refractivity contribution in [3.8, 4) is 0 Å². The first-order chi connectivity index (χ1) is 9.99. The zero-order valence-electron chi connectivity index (χ0n) is 12.7. The Morgan fingerprint density at radius 1 is 1.38 bits per heavy atom. The number of carbonyl (C=O) groups excluding carboxylic acids is 2. The highest BCUT2D eigenvalue weighted by Crippen LogP contribution is 2.36. The molecule has 2 aliphatic rings. The molecule has 6 nitrogen and oxygen atoms in total. The van der Waals surface area contributed by atoms with Crippen LogP contribution in [0.5, 0.6) is 0 Å². The molecular weight excluding hydrogens is 268 g/mol.